The lowest BCUT2D eigenvalue weighted by Crippen LogP contribution is -2.26. The molecule has 1 aromatic carbocycles. The van der Waals surface area contributed by atoms with Crippen molar-refractivity contribution in [3.05, 3.63) is 42.1 Å². The summed E-state index contributed by atoms with van der Waals surface area (Å²) in [5.74, 6) is 1.83. The lowest BCUT2D eigenvalue weighted by Gasteiger charge is -2.22. The molecule has 0 aliphatic heterocycles. The maximum atomic E-state index is 12.6. The first-order valence-electron chi connectivity index (χ1n) is 8.87. The maximum absolute atomic E-state index is 12.6. The van der Waals surface area contributed by atoms with Gasteiger partial charge in [-0.15, -0.1) is 0 Å². The molecule has 1 amide bonds. The SMILES string of the molecule is CCCN(CCC)c1cc(C(=O)Nc2ccc(OC)c(OC)c2)ccn1. The third-order valence-electron chi connectivity index (χ3n) is 3.96. The molecule has 0 saturated carbocycles. The molecule has 0 spiro atoms. The van der Waals surface area contributed by atoms with Gasteiger partial charge in [-0.1, -0.05) is 13.8 Å². The highest BCUT2D eigenvalue weighted by Crippen LogP contribution is 2.30. The second-order valence-corrected chi connectivity index (χ2v) is 5.91. The van der Waals surface area contributed by atoms with Gasteiger partial charge >= 0.3 is 0 Å². The van der Waals surface area contributed by atoms with Crippen LogP contribution in [0.1, 0.15) is 37.0 Å². The van der Waals surface area contributed by atoms with E-state index in [2.05, 4.69) is 29.0 Å². The first-order chi connectivity index (χ1) is 12.6. The van der Waals surface area contributed by atoms with Gasteiger partial charge in [0.15, 0.2) is 11.5 Å². The molecule has 1 aromatic heterocycles. The summed E-state index contributed by atoms with van der Waals surface area (Å²) in [6, 6.07) is 8.83. The van der Waals surface area contributed by atoms with Crippen LogP contribution in [0.5, 0.6) is 11.5 Å². The van der Waals surface area contributed by atoms with Crippen LogP contribution in [-0.4, -0.2) is 38.2 Å². The van der Waals surface area contributed by atoms with Crippen molar-refractivity contribution in [2.75, 3.05) is 37.5 Å². The van der Waals surface area contributed by atoms with Gasteiger partial charge in [-0.3, -0.25) is 4.79 Å². The van der Waals surface area contributed by atoms with Crippen LogP contribution >= 0.6 is 0 Å². The van der Waals surface area contributed by atoms with Crippen LogP contribution in [0.4, 0.5) is 11.5 Å². The number of pyridine rings is 1. The summed E-state index contributed by atoms with van der Waals surface area (Å²) in [5, 5.41) is 2.89. The molecule has 0 bridgehead atoms. The van der Waals surface area contributed by atoms with Gasteiger partial charge in [-0.25, -0.2) is 4.98 Å². The molecule has 6 nitrogen and oxygen atoms in total. The molecule has 0 aliphatic rings. The zero-order chi connectivity index (χ0) is 18.9. The number of ether oxygens (including phenoxy) is 2. The Bertz CT molecular complexity index is 728. The number of nitrogens with zero attached hydrogens (tertiary/aromatic N) is 2. The number of hydrogen-bond donors (Lipinski definition) is 1. The molecule has 0 fully saturated rings. The van der Waals surface area contributed by atoms with Crippen molar-refractivity contribution in [1.29, 1.82) is 0 Å². The Kier molecular flexibility index (Phi) is 7.26. The third kappa shape index (κ3) is 4.88. The van der Waals surface area contributed by atoms with Gasteiger partial charge < -0.3 is 19.7 Å². The van der Waals surface area contributed by atoms with Gasteiger partial charge in [0, 0.05) is 36.6 Å². The quantitative estimate of drug-likeness (QED) is 0.735. The van der Waals surface area contributed by atoms with E-state index in [0.29, 0.717) is 22.7 Å². The highest BCUT2D eigenvalue weighted by Gasteiger charge is 2.12. The first-order valence-corrected chi connectivity index (χ1v) is 8.87. The predicted molar refractivity (Wildman–Crippen MR) is 105 cm³/mol. The Morgan fingerprint density at radius 1 is 1.04 bits per heavy atom. The number of nitrogens with one attached hydrogen (secondary N) is 1. The average Bonchev–Trinajstić information content (AvgIpc) is 2.67. The van der Waals surface area contributed by atoms with Crippen LogP contribution in [0.15, 0.2) is 36.5 Å². The smallest absolute Gasteiger partial charge is 0.255 e. The molecule has 0 unspecified atom stereocenters. The molecule has 26 heavy (non-hydrogen) atoms. The Morgan fingerprint density at radius 3 is 2.35 bits per heavy atom. The fourth-order valence-electron chi connectivity index (χ4n) is 2.73. The molecule has 140 valence electrons. The van der Waals surface area contributed by atoms with E-state index in [-0.39, 0.29) is 5.91 Å². The number of amides is 1. The standard InChI is InChI=1S/C20H27N3O3/c1-5-11-23(12-6-2)19-13-15(9-10-21-19)20(24)22-16-7-8-17(25-3)18(14-16)26-4/h7-10,13-14H,5-6,11-12H2,1-4H3,(H,22,24). The minimum Gasteiger partial charge on any atom is -0.493 e. The zero-order valence-electron chi connectivity index (χ0n) is 15.9. The lowest BCUT2D eigenvalue weighted by atomic mass is 10.2. The minimum absolute atomic E-state index is 0.186. The fraction of sp³-hybridized carbons (Fsp3) is 0.400. The van der Waals surface area contributed by atoms with Crippen molar-refractivity contribution in [1.82, 2.24) is 4.98 Å². The van der Waals surface area contributed by atoms with Crippen molar-refractivity contribution < 1.29 is 14.3 Å². The van der Waals surface area contributed by atoms with Crippen LogP contribution in [0, 0.1) is 0 Å². The molecule has 2 rings (SSSR count). The van der Waals surface area contributed by atoms with Crippen LogP contribution in [-0.2, 0) is 0 Å². The molecule has 0 radical (unpaired) electrons. The summed E-state index contributed by atoms with van der Waals surface area (Å²) in [5.41, 5.74) is 1.21. The number of aromatic nitrogens is 1. The monoisotopic (exact) mass is 357 g/mol. The van der Waals surface area contributed by atoms with E-state index in [1.165, 1.54) is 0 Å². The average molecular weight is 357 g/mol. The number of hydrogen-bond acceptors (Lipinski definition) is 5. The molecule has 1 heterocycles. The van der Waals surface area contributed by atoms with Gasteiger partial charge in [0.2, 0.25) is 0 Å². The topological polar surface area (TPSA) is 63.7 Å². The Labute approximate surface area is 155 Å². The second kappa shape index (κ2) is 9.65. The van der Waals surface area contributed by atoms with Crippen LogP contribution in [0.3, 0.4) is 0 Å². The van der Waals surface area contributed by atoms with Gasteiger partial charge in [-0.05, 0) is 37.1 Å². The lowest BCUT2D eigenvalue weighted by molar-refractivity contribution is 0.102. The van der Waals surface area contributed by atoms with Crippen molar-refractivity contribution in [3.63, 3.8) is 0 Å². The zero-order valence-corrected chi connectivity index (χ0v) is 15.9. The summed E-state index contributed by atoms with van der Waals surface area (Å²) in [4.78, 5) is 19.3. The number of benzene rings is 1. The second-order valence-electron chi connectivity index (χ2n) is 5.91. The van der Waals surface area contributed by atoms with Crippen LogP contribution in [0.25, 0.3) is 0 Å². The van der Waals surface area contributed by atoms with Crippen molar-refractivity contribution >= 4 is 17.4 Å². The Balaban J connectivity index is 2.18. The van der Waals surface area contributed by atoms with Gasteiger partial charge in [0.05, 0.1) is 14.2 Å². The van der Waals surface area contributed by atoms with E-state index in [9.17, 15) is 4.79 Å². The Hall–Kier alpha value is -2.76. The summed E-state index contributed by atoms with van der Waals surface area (Å²) in [7, 11) is 3.14. The highest BCUT2D eigenvalue weighted by molar-refractivity contribution is 6.04. The van der Waals surface area contributed by atoms with E-state index in [1.54, 1.807) is 44.7 Å². The number of carbonyl (C=O) groups excluding carboxylic acids is 1. The normalized spacial score (nSPS) is 10.3. The molecule has 2 aromatic rings. The molecular weight excluding hydrogens is 330 g/mol. The van der Waals surface area contributed by atoms with E-state index >= 15 is 0 Å². The molecule has 0 atom stereocenters. The van der Waals surface area contributed by atoms with E-state index in [1.807, 2.05) is 6.07 Å². The van der Waals surface area contributed by atoms with Crippen LogP contribution in [0.2, 0.25) is 0 Å². The largest absolute Gasteiger partial charge is 0.493 e. The van der Waals surface area contributed by atoms with Crippen LogP contribution < -0.4 is 19.7 Å². The summed E-state index contributed by atoms with van der Waals surface area (Å²) >= 11 is 0. The summed E-state index contributed by atoms with van der Waals surface area (Å²) < 4.78 is 10.5. The Morgan fingerprint density at radius 2 is 1.73 bits per heavy atom. The molecule has 0 aliphatic carbocycles. The molecule has 6 heteroatoms. The van der Waals surface area contributed by atoms with Crippen molar-refractivity contribution in [2.45, 2.75) is 26.7 Å². The third-order valence-corrected chi connectivity index (χ3v) is 3.96. The minimum atomic E-state index is -0.186. The molecule has 1 N–H and O–H groups in total. The molecular formula is C20H27N3O3. The first kappa shape index (κ1) is 19.6. The van der Waals surface area contributed by atoms with E-state index in [0.717, 1.165) is 31.7 Å². The van der Waals surface area contributed by atoms with E-state index < -0.39 is 0 Å². The van der Waals surface area contributed by atoms with Gasteiger partial charge in [0.25, 0.3) is 5.91 Å². The predicted octanol–water partition coefficient (Wildman–Crippen LogP) is 3.98. The molecule has 0 saturated heterocycles. The number of rotatable bonds is 9. The van der Waals surface area contributed by atoms with E-state index in [4.69, 9.17) is 9.47 Å². The highest BCUT2D eigenvalue weighted by atomic mass is 16.5. The van der Waals surface area contributed by atoms with Gasteiger partial charge in [-0.2, -0.15) is 0 Å². The number of carbonyl (C=O) groups is 1. The van der Waals surface area contributed by atoms with Crippen molar-refractivity contribution in [2.24, 2.45) is 0 Å². The maximum Gasteiger partial charge on any atom is 0.255 e. The number of anilines is 2. The summed E-state index contributed by atoms with van der Waals surface area (Å²) in [6.45, 7) is 6.11. The van der Waals surface area contributed by atoms with Gasteiger partial charge in [0.1, 0.15) is 5.82 Å². The summed E-state index contributed by atoms with van der Waals surface area (Å²) in [6.07, 6.45) is 3.74. The fourth-order valence-corrected chi connectivity index (χ4v) is 2.73. The van der Waals surface area contributed by atoms with Crippen molar-refractivity contribution in [3.8, 4) is 11.5 Å². The number of methoxy groups -OCH3 is 2.